The number of fused-ring (bicyclic) bond motifs is 1. The highest BCUT2D eigenvalue weighted by Gasteiger charge is 2.16. The minimum atomic E-state index is -0.101. The van der Waals surface area contributed by atoms with Crippen LogP contribution >= 0.6 is 11.8 Å². The van der Waals surface area contributed by atoms with Crippen molar-refractivity contribution in [2.75, 3.05) is 11.1 Å². The molecule has 4 rings (SSSR count). The van der Waals surface area contributed by atoms with E-state index in [1.165, 1.54) is 11.8 Å². The summed E-state index contributed by atoms with van der Waals surface area (Å²) in [6.45, 7) is 4.03. The van der Waals surface area contributed by atoms with Crippen molar-refractivity contribution in [1.29, 1.82) is 0 Å². The molecule has 0 saturated carbocycles. The molecule has 0 spiro atoms. The first kappa shape index (κ1) is 20.9. The fraction of sp³-hybridized carbons (Fsp3) is 0.160. The Labute approximate surface area is 185 Å². The Kier molecular flexibility index (Phi) is 6.18. The molecule has 0 aliphatic carbocycles. The maximum Gasteiger partial charge on any atom is 0.266 e. The van der Waals surface area contributed by atoms with Crippen molar-refractivity contribution in [3.05, 3.63) is 94.3 Å². The Hall–Kier alpha value is -3.38. The molecule has 0 aliphatic heterocycles. The normalized spacial score (nSPS) is 10.9. The van der Waals surface area contributed by atoms with Crippen LogP contribution in [0.3, 0.4) is 0 Å². The van der Waals surface area contributed by atoms with Gasteiger partial charge in [0.2, 0.25) is 5.91 Å². The van der Waals surface area contributed by atoms with Gasteiger partial charge in [0.1, 0.15) is 0 Å². The maximum absolute atomic E-state index is 13.4. The summed E-state index contributed by atoms with van der Waals surface area (Å²) in [7, 11) is 0. The van der Waals surface area contributed by atoms with Gasteiger partial charge in [-0.25, -0.2) is 4.98 Å². The summed E-state index contributed by atoms with van der Waals surface area (Å²) in [6, 6.07) is 22.7. The van der Waals surface area contributed by atoms with E-state index in [0.717, 1.165) is 22.5 Å². The zero-order valence-corrected chi connectivity index (χ0v) is 18.3. The van der Waals surface area contributed by atoms with Gasteiger partial charge in [-0.1, -0.05) is 54.2 Å². The Morgan fingerprint density at radius 1 is 0.968 bits per heavy atom. The minimum absolute atomic E-state index is 0.0693. The van der Waals surface area contributed by atoms with E-state index in [9.17, 15) is 9.59 Å². The van der Waals surface area contributed by atoms with Gasteiger partial charge in [0, 0.05) is 17.9 Å². The zero-order chi connectivity index (χ0) is 21.8. The lowest BCUT2D eigenvalue weighted by atomic mass is 10.1. The molecule has 0 radical (unpaired) electrons. The number of carbonyl (C=O) groups is 1. The number of nitrogens with one attached hydrogen (secondary N) is 1. The molecule has 0 atom stereocenters. The van der Waals surface area contributed by atoms with E-state index in [1.54, 1.807) is 10.6 Å². The molecular formula is C25H23N3O2S. The molecule has 0 unspecified atom stereocenters. The highest BCUT2D eigenvalue weighted by Crippen LogP contribution is 2.25. The predicted octanol–water partition coefficient (Wildman–Crippen LogP) is 5.12. The lowest BCUT2D eigenvalue weighted by molar-refractivity contribution is -0.115. The number of para-hydroxylation sites is 2. The van der Waals surface area contributed by atoms with Gasteiger partial charge in [0.25, 0.3) is 5.56 Å². The maximum atomic E-state index is 13.4. The number of aromatic nitrogens is 2. The lowest BCUT2D eigenvalue weighted by Gasteiger charge is -2.16. The molecule has 6 heteroatoms. The number of carbonyl (C=O) groups excluding carboxylic acids is 1. The van der Waals surface area contributed by atoms with Crippen LogP contribution in [0.25, 0.3) is 16.6 Å². The van der Waals surface area contributed by atoms with Crippen LogP contribution in [0, 0.1) is 13.8 Å². The van der Waals surface area contributed by atoms with Gasteiger partial charge in [-0.15, -0.1) is 0 Å². The van der Waals surface area contributed by atoms with Crippen molar-refractivity contribution in [2.45, 2.75) is 25.4 Å². The van der Waals surface area contributed by atoms with Gasteiger partial charge < -0.3 is 5.32 Å². The molecule has 4 aromatic rings. The minimum Gasteiger partial charge on any atom is -0.326 e. The van der Waals surface area contributed by atoms with E-state index in [0.29, 0.717) is 28.2 Å². The molecule has 1 aromatic heterocycles. The Morgan fingerprint density at radius 2 is 1.71 bits per heavy atom. The molecule has 1 amide bonds. The summed E-state index contributed by atoms with van der Waals surface area (Å²) in [6.07, 6.45) is 0.315. The number of benzene rings is 3. The van der Waals surface area contributed by atoms with Crippen LogP contribution in [0.1, 0.15) is 17.5 Å². The number of thioether (sulfide) groups is 1. The first-order chi connectivity index (χ1) is 15.0. The molecule has 0 bridgehead atoms. The van der Waals surface area contributed by atoms with E-state index in [4.69, 9.17) is 4.98 Å². The summed E-state index contributed by atoms with van der Waals surface area (Å²) in [5.41, 5.74) is 4.29. The number of hydrogen-bond acceptors (Lipinski definition) is 4. The molecule has 31 heavy (non-hydrogen) atoms. The number of rotatable bonds is 6. The second kappa shape index (κ2) is 9.18. The second-order valence-electron chi connectivity index (χ2n) is 7.28. The van der Waals surface area contributed by atoms with E-state index in [-0.39, 0.29) is 11.5 Å². The smallest absolute Gasteiger partial charge is 0.266 e. The summed E-state index contributed by atoms with van der Waals surface area (Å²) in [5, 5.41) is 4.06. The summed E-state index contributed by atoms with van der Waals surface area (Å²) >= 11 is 1.42. The second-order valence-corrected chi connectivity index (χ2v) is 8.35. The fourth-order valence-corrected chi connectivity index (χ4v) is 4.32. The van der Waals surface area contributed by atoms with Crippen molar-refractivity contribution in [3.63, 3.8) is 0 Å². The molecule has 0 saturated heterocycles. The zero-order valence-electron chi connectivity index (χ0n) is 17.5. The lowest BCUT2D eigenvalue weighted by Crippen LogP contribution is -2.23. The first-order valence-corrected chi connectivity index (χ1v) is 11.1. The summed E-state index contributed by atoms with van der Waals surface area (Å²) in [5.74, 6) is 0.439. The largest absolute Gasteiger partial charge is 0.326 e. The average molecular weight is 430 g/mol. The summed E-state index contributed by atoms with van der Waals surface area (Å²) < 4.78 is 1.67. The fourth-order valence-electron chi connectivity index (χ4n) is 3.38. The van der Waals surface area contributed by atoms with Gasteiger partial charge in [0.05, 0.1) is 16.6 Å². The molecule has 1 heterocycles. The monoisotopic (exact) mass is 429 g/mol. The number of hydrogen-bond donors (Lipinski definition) is 1. The molecule has 156 valence electrons. The standard InChI is InChI=1S/C25H23N3O2S/c1-17-9-8-14-22(18(17)2)28-24(30)20-12-6-7-13-21(20)27-25(28)31-16-15-23(29)26-19-10-4-3-5-11-19/h3-14H,15-16H2,1-2H3,(H,26,29). The van der Waals surface area contributed by atoms with E-state index in [2.05, 4.69) is 5.32 Å². The van der Waals surface area contributed by atoms with Gasteiger partial charge in [0.15, 0.2) is 5.16 Å². The Balaban J connectivity index is 1.64. The molecule has 1 N–H and O–H groups in total. The highest BCUT2D eigenvalue weighted by atomic mass is 32.2. The van der Waals surface area contributed by atoms with Crippen molar-refractivity contribution >= 4 is 34.3 Å². The Morgan fingerprint density at radius 3 is 2.52 bits per heavy atom. The van der Waals surface area contributed by atoms with E-state index < -0.39 is 0 Å². The number of amides is 1. The van der Waals surface area contributed by atoms with Gasteiger partial charge in [-0.2, -0.15) is 0 Å². The molecular weight excluding hydrogens is 406 g/mol. The third-order valence-corrected chi connectivity index (χ3v) is 6.12. The SMILES string of the molecule is Cc1cccc(-n2c(SCCC(=O)Nc3ccccc3)nc3ccccc3c2=O)c1C. The molecule has 3 aromatic carbocycles. The van der Waals surface area contributed by atoms with Crippen molar-refractivity contribution < 1.29 is 4.79 Å². The topological polar surface area (TPSA) is 64.0 Å². The third-order valence-electron chi connectivity index (χ3n) is 5.18. The number of anilines is 1. The van der Waals surface area contributed by atoms with Gasteiger partial charge in [-0.05, 0) is 55.3 Å². The predicted molar refractivity (Wildman–Crippen MR) is 127 cm³/mol. The average Bonchev–Trinajstić information content (AvgIpc) is 2.77. The van der Waals surface area contributed by atoms with E-state index >= 15 is 0 Å². The van der Waals surface area contributed by atoms with Gasteiger partial charge >= 0.3 is 0 Å². The van der Waals surface area contributed by atoms with Crippen LogP contribution in [0.15, 0.2) is 82.7 Å². The van der Waals surface area contributed by atoms with Crippen LogP contribution in [-0.4, -0.2) is 21.2 Å². The third kappa shape index (κ3) is 4.54. The number of nitrogens with zero attached hydrogens (tertiary/aromatic N) is 2. The highest BCUT2D eigenvalue weighted by molar-refractivity contribution is 7.99. The van der Waals surface area contributed by atoms with Crippen LogP contribution in [-0.2, 0) is 4.79 Å². The van der Waals surface area contributed by atoms with Gasteiger partial charge in [-0.3, -0.25) is 14.2 Å². The van der Waals surface area contributed by atoms with Crippen molar-refractivity contribution in [2.24, 2.45) is 0 Å². The van der Waals surface area contributed by atoms with Crippen LogP contribution < -0.4 is 10.9 Å². The van der Waals surface area contributed by atoms with Crippen LogP contribution in [0.5, 0.6) is 0 Å². The summed E-state index contributed by atoms with van der Waals surface area (Å²) in [4.78, 5) is 30.5. The van der Waals surface area contributed by atoms with Crippen LogP contribution in [0.4, 0.5) is 5.69 Å². The molecule has 0 aliphatic rings. The quantitative estimate of drug-likeness (QED) is 0.341. The Bertz CT molecular complexity index is 1300. The first-order valence-electron chi connectivity index (χ1n) is 10.1. The number of aryl methyl sites for hydroxylation is 1. The van der Waals surface area contributed by atoms with Crippen molar-refractivity contribution in [1.82, 2.24) is 9.55 Å². The van der Waals surface area contributed by atoms with E-state index in [1.807, 2.05) is 80.6 Å². The van der Waals surface area contributed by atoms with Crippen molar-refractivity contribution in [3.8, 4) is 5.69 Å². The molecule has 0 fully saturated rings. The molecule has 5 nitrogen and oxygen atoms in total. The van der Waals surface area contributed by atoms with Crippen LogP contribution in [0.2, 0.25) is 0 Å².